The molecule has 4 aliphatic rings. The number of carbonyl (C=O) groups is 2. The Hall–Kier alpha value is -0.880. The van der Waals surface area contributed by atoms with Crippen molar-refractivity contribution < 1.29 is 24.5 Å². The zero-order valence-corrected chi connectivity index (χ0v) is 17.8. The summed E-state index contributed by atoms with van der Waals surface area (Å²) in [4.78, 5) is 24.4. The largest absolute Gasteiger partial charge is 0.447 e. The quantitative estimate of drug-likeness (QED) is 0.519. The predicted molar refractivity (Wildman–Crippen MR) is 107 cm³/mol. The van der Waals surface area contributed by atoms with Crippen LogP contribution >= 0.6 is 24.0 Å². The molecule has 0 spiro atoms. The van der Waals surface area contributed by atoms with Crippen molar-refractivity contribution in [2.45, 2.75) is 57.7 Å². The van der Waals surface area contributed by atoms with Crippen molar-refractivity contribution in [3.8, 4) is 0 Å². The van der Waals surface area contributed by atoms with Gasteiger partial charge in [0.15, 0.2) is 17.5 Å². The van der Waals surface area contributed by atoms with Gasteiger partial charge in [-0.25, -0.2) is 4.79 Å². The average Bonchev–Trinajstić information content (AvgIpc) is 2.87. The molecule has 7 heteroatoms. The third kappa shape index (κ3) is 2.73. The average molecular weight is 431 g/mol. The van der Waals surface area contributed by atoms with E-state index < -0.39 is 23.1 Å². The lowest BCUT2D eigenvalue weighted by Gasteiger charge is -2.59. The number of hydrogen-bond acceptors (Lipinski definition) is 5. The Morgan fingerprint density at radius 2 is 2.07 bits per heavy atom. The van der Waals surface area contributed by atoms with Gasteiger partial charge in [0.1, 0.15) is 0 Å². The summed E-state index contributed by atoms with van der Waals surface area (Å²) >= 11 is 5.56. The first-order valence-electron chi connectivity index (χ1n) is 9.75. The molecular weight excluding hydrogens is 403 g/mol. The highest BCUT2D eigenvalue weighted by molar-refractivity contribution is 6.17. The second-order valence-corrected chi connectivity index (χ2v) is 9.37. The third-order valence-electron chi connectivity index (χ3n) is 8.17. The van der Waals surface area contributed by atoms with E-state index in [-0.39, 0.29) is 47.4 Å². The molecule has 0 radical (unpaired) electrons. The van der Waals surface area contributed by atoms with Crippen molar-refractivity contribution in [1.29, 1.82) is 0 Å². The number of ether oxygens (including phenoxy) is 1. The van der Waals surface area contributed by atoms with Crippen LogP contribution in [-0.4, -0.2) is 39.7 Å². The summed E-state index contributed by atoms with van der Waals surface area (Å²) < 4.78 is 4.97. The fraction of sp³-hybridized carbons (Fsp3) is 0.714. The molecule has 0 aliphatic heterocycles. The molecule has 0 aromatic rings. The van der Waals surface area contributed by atoms with E-state index >= 15 is 0 Å². The van der Waals surface area contributed by atoms with Gasteiger partial charge in [-0.3, -0.25) is 4.79 Å². The number of aliphatic hydroxyl groups is 2. The number of allylic oxidation sites excluding steroid dienone is 4. The topological polar surface area (TPSA) is 83.8 Å². The van der Waals surface area contributed by atoms with E-state index in [4.69, 9.17) is 16.3 Å². The predicted octanol–water partition coefficient (Wildman–Crippen LogP) is 3.16. The van der Waals surface area contributed by atoms with E-state index in [0.29, 0.717) is 12.8 Å². The van der Waals surface area contributed by atoms with E-state index in [1.807, 2.05) is 13.0 Å². The van der Waals surface area contributed by atoms with Crippen LogP contribution in [0.3, 0.4) is 0 Å². The first-order chi connectivity index (χ1) is 12.7. The van der Waals surface area contributed by atoms with Crippen LogP contribution in [-0.2, 0) is 14.3 Å². The van der Waals surface area contributed by atoms with Crippen LogP contribution in [0.4, 0.5) is 0 Å². The molecule has 0 amide bonds. The molecule has 0 unspecified atom stereocenters. The molecule has 2 N–H and O–H groups in total. The minimum Gasteiger partial charge on any atom is -0.447 e. The van der Waals surface area contributed by atoms with E-state index in [9.17, 15) is 19.8 Å². The summed E-state index contributed by atoms with van der Waals surface area (Å²) in [7, 11) is 0. The fourth-order valence-electron chi connectivity index (χ4n) is 6.83. The molecule has 0 saturated heterocycles. The van der Waals surface area contributed by atoms with Crippen molar-refractivity contribution in [1.82, 2.24) is 0 Å². The van der Waals surface area contributed by atoms with Crippen LogP contribution in [0.25, 0.3) is 0 Å². The van der Waals surface area contributed by atoms with Gasteiger partial charge in [-0.2, -0.15) is 0 Å². The van der Waals surface area contributed by atoms with Gasteiger partial charge in [-0.1, -0.05) is 37.1 Å². The summed E-state index contributed by atoms with van der Waals surface area (Å²) in [6.07, 6.45) is 7.64. The van der Waals surface area contributed by atoms with Crippen LogP contribution in [0.2, 0.25) is 0 Å². The zero-order valence-electron chi connectivity index (χ0n) is 16.2. The Bertz CT molecular complexity index is 749. The second-order valence-electron chi connectivity index (χ2n) is 9.15. The van der Waals surface area contributed by atoms with Crippen molar-refractivity contribution >= 4 is 35.8 Å². The first kappa shape index (κ1) is 21.8. The fourth-order valence-corrected chi connectivity index (χ4v) is 6.93. The monoisotopic (exact) mass is 430 g/mol. The molecule has 0 aromatic carbocycles. The molecule has 0 bridgehead atoms. The van der Waals surface area contributed by atoms with Crippen molar-refractivity contribution in [2.24, 2.45) is 28.6 Å². The van der Waals surface area contributed by atoms with E-state index in [2.05, 4.69) is 6.92 Å². The molecule has 28 heavy (non-hydrogen) atoms. The van der Waals surface area contributed by atoms with E-state index in [1.54, 1.807) is 12.2 Å². The molecule has 3 fully saturated rings. The van der Waals surface area contributed by atoms with E-state index in [0.717, 1.165) is 24.8 Å². The highest BCUT2D eigenvalue weighted by atomic mass is 35.5. The zero-order chi connectivity index (χ0) is 19.6. The number of ketones is 1. The SMILES string of the molecule is C[C@]12C=CC(=O)C=C1CC[C@@H]1[C@@H]2[C@@H](O)C[C@@]2(C)[C@H]1CC[C@]2(O)C(=O)OCCl.Cl. The summed E-state index contributed by atoms with van der Waals surface area (Å²) in [5.41, 5.74) is -1.63. The van der Waals surface area contributed by atoms with Crippen LogP contribution in [0.1, 0.15) is 46.0 Å². The number of halogens is 2. The Kier molecular flexibility index (Phi) is 5.55. The number of fused-ring (bicyclic) bond motifs is 5. The summed E-state index contributed by atoms with van der Waals surface area (Å²) in [6, 6.07) is -0.290. The summed E-state index contributed by atoms with van der Waals surface area (Å²) in [5.74, 6) is -0.403. The Morgan fingerprint density at radius 1 is 1.36 bits per heavy atom. The second kappa shape index (κ2) is 7.12. The van der Waals surface area contributed by atoms with Gasteiger partial charge in [-0.15, -0.1) is 12.4 Å². The number of aliphatic hydroxyl groups excluding tert-OH is 1. The lowest BCUT2D eigenvalue weighted by atomic mass is 9.46. The molecule has 4 aliphatic carbocycles. The van der Waals surface area contributed by atoms with Gasteiger partial charge in [0.2, 0.25) is 0 Å². The molecule has 0 heterocycles. The maximum absolute atomic E-state index is 12.5. The van der Waals surface area contributed by atoms with Gasteiger partial charge in [0, 0.05) is 16.7 Å². The maximum Gasteiger partial charge on any atom is 0.339 e. The third-order valence-corrected chi connectivity index (χ3v) is 8.28. The summed E-state index contributed by atoms with van der Waals surface area (Å²) in [6.45, 7) is 4.01. The van der Waals surface area contributed by atoms with Crippen LogP contribution in [0.15, 0.2) is 23.8 Å². The molecule has 156 valence electrons. The van der Waals surface area contributed by atoms with Gasteiger partial charge >= 0.3 is 5.97 Å². The number of esters is 1. The molecule has 3 saturated carbocycles. The highest BCUT2D eigenvalue weighted by Gasteiger charge is 2.68. The Morgan fingerprint density at radius 3 is 2.75 bits per heavy atom. The van der Waals surface area contributed by atoms with Gasteiger partial charge in [-0.05, 0) is 56.1 Å². The smallest absolute Gasteiger partial charge is 0.339 e. The highest BCUT2D eigenvalue weighted by Crippen LogP contribution is 2.67. The maximum atomic E-state index is 12.5. The molecule has 4 rings (SSSR count). The van der Waals surface area contributed by atoms with Crippen molar-refractivity contribution in [3.05, 3.63) is 23.8 Å². The molecule has 0 aromatic heterocycles. The normalized spacial score (nSPS) is 46.6. The Labute approximate surface area is 176 Å². The standard InChI is InChI=1S/C21H27ClO5.ClH/c1-19-7-5-13(23)9-12(19)3-4-14-15-6-8-21(26,18(25)27-11-22)20(15,2)10-16(24)17(14)19;/h5,7,9,14-17,24,26H,3-4,6,8,10-11H2,1-2H3;1H/t14-,15-,16-,17+,19-,20-,21-;/m0./s1. The van der Waals surface area contributed by atoms with Crippen LogP contribution < -0.4 is 0 Å². The summed E-state index contributed by atoms with van der Waals surface area (Å²) in [5, 5.41) is 22.5. The van der Waals surface area contributed by atoms with Crippen molar-refractivity contribution in [3.63, 3.8) is 0 Å². The number of carbonyl (C=O) groups excluding carboxylic acids is 2. The van der Waals surface area contributed by atoms with Gasteiger partial charge in [0.05, 0.1) is 6.10 Å². The number of alkyl halides is 1. The van der Waals surface area contributed by atoms with Gasteiger partial charge in [0.25, 0.3) is 0 Å². The first-order valence-corrected chi connectivity index (χ1v) is 10.3. The van der Waals surface area contributed by atoms with Crippen LogP contribution in [0, 0.1) is 28.6 Å². The molecule has 7 atom stereocenters. The molecule has 5 nitrogen and oxygen atoms in total. The van der Waals surface area contributed by atoms with Crippen molar-refractivity contribution in [2.75, 3.05) is 6.07 Å². The Balaban J connectivity index is 0.00000225. The number of hydrogen-bond donors (Lipinski definition) is 2. The lowest BCUT2D eigenvalue weighted by molar-refractivity contribution is -0.195. The minimum atomic E-state index is -1.62. The minimum absolute atomic E-state index is 0. The van der Waals surface area contributed by atoms with Crippen LogP contribution in [0.5, 0.6) is 0 Å². The number of rotatable bonds is 2. The lowest BCUT2D eigenvalue weighted by Crippen LogP contribution is -2.61. The molecular formula is C21H28Cl2O5. The van der Waals surface area contributed by atoms with E-state index in [1.165, 1.54) is 0 Å². The van der Waals surface area contributed by atoms with Gasteiger partial charge < -0.3 is 14.9 Å².